The van der Waals surface area contributed by atoms with Gasteiger partial charge in [-0.3, -0.25) is 9.69 Å². The van der Waals surface area contributed by atoms with E-state index < -0.39 is 0 Å². The molecule has 1 saturated heterocycles. The van der Waals surface area contributed by atoms with Crippen LogP contribution in [-0.2, 0) is 22.5 Å². The fraction of sp³-hybridized carbons (Fsp3) is 0.423. The van der Waals surface area contributed by atoms with E-state index in [1.807, 2.05) is 12.1 Å². The third-order valence-corrected chi connectivity index (χ3v) is 6.57. The number of benzene rings is 2. The van der Waals surface area contributed by atoms with Gasteiger partial charge in [0.15, 0.2) is 0 Å². The van der Waals surface area contributed by atoms with Crippen molar-refractivity contribution in [3.05, 3.63) is 77.9 Å². The lowest BCUT2D eigenvalue weighted by Crippen LogP contribution is -2.46. The van der Waals surface area contributed by atoms with E-state index in [0.29, 0.717) is 0 Å². The second-order valence-electron chi connectivity index (χ2n) is 8.68. The molecule has 0 bridgehead atoms. The molecule has 4 rings (SSSR count). The highest BCUT2D eigenvalue weighted by Gasteiger charge is 2.41. The van der Waals surface area contributed by atoms with Gasteiger partial charge in [0.05, 0.1) is 12.7 Å². The number of likely N-dealkylation sites (tertiary alicyclic amines) is 1. The van der Waals surface area contributed by atoms with Crippen LogP contribution < -0.4 is 5.32 Å². The molecule has 0 aliphatic carbocycles. The molecular weight excluding hydrogens is 372 g/mol. The lowest BCUT2D eigenvalue weighted by molar-refractivity contribution is -0.114. The van der Waals surface area contributed by atoms with E-state index in [9.17, 15) is 4.79 Å². The van der Waals surface area contributed by atoms with Crippen LogP contribution in [-0.4, -0.2) is 36.6 Å². The predicted octanol–water partition coefficient (Wildman–Crippen LogP) is 4.82. The van der Waals surface area contributed by atoms with Gasteiger partial charge in [0, 0.05) is 24.6 Å². The lowest BCUT2D eigenvalue weighted by Gasteiger charge is -2.45. The summed E-state index contributed by atoms with van der Waals surface area (Å²) in [7, 11) is 0. The normalized spacial score (nSPS) is 20.9. The second-order valence-corrected chi connectivity index (χ2v) is 8.68. The van der Waals surface area contributed by atoms with Gasteiger partial charge in [-0.2, -0.15) is 0 Å². The molecule has 1 amide bonds. The van der Waals surface area contributed by atoms with Gasteiger partial charge in [0.25, 0.3) is 0 Å². The van der Waals surface area contributed by atoms with Crippen LogP contribution in [0.25, 0.3) is 0 Å². The maximum atomic E-state index is 11.2. The number of rotatable bonds is 7. The van der Waals surface area contributed by atoms with Crippen molar-refractivity contribution in [1.82, 2.24) is 4.90 Å². The fourth-order valence-electron chi connectivity index (χ4n) is 4.80. The van der Waals surface area contributed by atoms with Crippen molar-refractivity contribution >= 4 is 11.6 Å². The maximum absolute atomic E-state index is 11.2. The molecule has 4 heteroatoms. The number of piperidine rings is 1. The summed E-state index contributed by atoms with van der Waals surface area (Å²) in [6, 6.07) is 19.0. The molecule has 0 saturated carbocycles. The minimum absolute atomic E-state index is 0.0335. The van der Waals surface area contributed by atoms with Crippen LogP contribution in [0.2, 0.25) is 0 Å². The average molecular weight is 405 g/mol. The quantitative estimate of drug-likeness (QED) is 0.673. The van der Waals surface area contributed by atoms with Crippen molar-refractivity contribution in [2.45, 2.75) is 45.3 Å². The molecule has 0 spiro atoms. The zero-order valence-corrected chi connectivity index (χ0v) is 17.8. The van der Waals surface area contributed by atoms with E-state index in [1.54, 1.807) is 0 Å². The summed E-state index contributed by atoms with van der Waals surface area (Å²) in [6.07, 6.45) is 9.33. The number of nitrogens with one attached hydrogen (secondary N) is 1. The molecule has 2 aromatic carbocycles. The van der Waals surface area contributed by atoms with E-state index in [1.165, 1.54) is 37.3 Å². The van der Waals surface area contributed by atoms with Gasteiger partial charge in [-0.1, -0.05) is 54.6 Å². The number of carbonyl (C=O) groups is 1. The number of anilines is 1. The van der Waals surface area contributed by atoms with E-state index in [2.05, 4.69) is 64.8 Å². The smallest absolute Gasteiger partial charge is 0.221 e. The van der Waals surface area contributed by atoms with E-state index in [-0.39, 0.29) is 17.4 Å². The Balaban J connectivity index is 1.36. The van der Waals surface area contributed by atoms with Crippen LogP contribution in [0.15, 0.2) is 66.7 Å². The lowest BCUT2D eigenvalue weighted by atomic mass is 9.70. The highest BCUT2D eigenvalue weighted by atomic mass is 16.5. The van der Waals surface area contributed by atoms with Crippen molar-refractivity contribution in [2.75, 3.05) is 25.0 Å². The molecule has 2 heterocycles. The Morgan fingerprint density at radius 1 is 1.07 bits per heavy atom. The number of carbonyl (C=O) groups excluding carboxylic acids is 1. The summed E-state index contributed by atoms with van der Waals surface area (Å²) in [5.41, 5.74) is 3.79. The Kier molecular flexibility index (Phi) is 6.66. The predicted molar refractivity (Wildman–Crippen MR) is 121 cm³/mol. The summed E-state index contributed by atoms with van der Waals surface area (Å²) in [5, 5.41) is 2.83. The number of hydrogen-bond acceptors (Lipinski definition) is 3. The molecular formula is C26H32N2O2. The topological polar surface area (TPSA) is 41.6 Å². The molecule has 158 valence electrons. The van der Waals surface area contributed by atoms with Crippen LogP contribution >= 0.6 is 0 Å². The van der Waals surface area contributed by atoms with Crippen LogP contribution in [0.3, 0.4) is 0 Å². The summed E-state index contributed by atoms with van der Waals surface area (Å²) in [5.74, 6) is -0.0335. The Bertz CT molecular complexity index is 852. The maximum Gasteiger partial charge on any atom is 0.221 e. The standard InChI is InChI=1S/C26H32N2O2/c1-21(29)27-24-11-9-23(10-12-24)20-28-17-15-26(16-18-28,25-8-5-19-30-25)14-13-22-6-3-2-4-7-22/h2-12,25H,13-20H2,1H3,(H,27,29). The van der Waals surface area contributed by atoms with Crippen molar-refractivity contribution in [3.63, 3.8) is 0 Å². The number of nitrogens with zero attached hydrogens (tertiary/aromatic N) is 1. The van der Waals surface area contributed by atoms with Gasteiger partial charge in [-0.25, -0.2) is 0 Å². The molecule has 0 aromatic heterocycles. The van der Waals surface area contributed by atoms with Crippen LogP contribution in [0.5, 0.6) is 0 Å². The highest BCUT2D eigenvalue weighted by Crippen LogP contribution is 2.43. The first-order valence-corrected chi connectivity index (χ1v) is 11.0. The van der Waals surface area contributed by atoms with Crippen LogP contribution in [0.1, 0.15) is 37.3 Å². The third kappa shape index (κ3) is 5.18. The van der Waals surface area contributed by atoms with Crippen LogP contribution in [0.4, 0.5) is 5.69 Å². The molecule has 2 aromatic rings. The largest absolute Gasteiger partial charge is 0.370 e. The van der Waals surface area contributed by atoms with Crippen molar-refractivity contribution in [2.24, 2.45) is 5.41 Å². The van der Waals surface area contributed by atoms with Gasteiger partial charge in [-0.05, 0) is 62.0 Å². The highest BCUT2D eigenvalue weighted by molar-refractivity contribution is 5.88. The molecule has 1 atom stereocenters. The number of ether oxygens (including phenoxy) is 1. The Hall–Kier alpha value is -2.43. The number of aryl methyl sites for hydroxylation is 1. The van der Waals surface area contributed by atoms with Gasteiger partial charge >= 0.3 is 0 Å². The van der Waals surface area contributed by atoms with Crippen LogP contribution in [0, 0.1) is 5.41 Å². The molecule has 2 aliphatic heterocycles. The summed E-state index contributed by atoms with van der Waals surface area (Å²) in [4.78, 5) is 13.7. The molecule has 4 nitrogen and oxygen atoms in total. The Morgan fingerprint density at radius 3 is 2.43 bits per heavy atom. The zero-order chi connectivity index (χ0) is 20.8. The van der Waals surface area contributed by atoms with Gasteiger partial charge in [0.2, 0.25) is 5.91 Å². The third-order valence-electron chi connectivity index (χ3n) is 6.57. The minimum Gasteiger partial charge on any atom is -0.370 e. The molecule has 0 radical (unpaired) electrons. The molecule has 1 unspecified atom stereocenters. The first-order chi connectivity index (χ1) is 14.6. The number of hydrogen-bond donors (Lipinski definition) is 1. The zero-order valence-electron chi connectivity index (χ0n) is 17.8. The first-order valence-electron chi connectivity index (χ1n) is 11.0. The Morgan fingerprint density at radius 2 is 1.80 bits per heavy atom. The minimum atomic E-state index is -0.0335. The fourth-order valence-corrected chi connectivity index (χ4v) is 4.80. The summed E-state index contributed by atoms with van der Waals surface area (Å²) < 4.78 is 6.12. The Labute approximate surface area is 179 Å². The van der Waals surface area contributed by atoms with Gasteiger partial charge in [0.1, 0.15) is 0 Å². The average Bonchev–Trinajstić information content (AvgIpc) is 3.31. The second kappa shape index (κ2) is 9.59. The first kappa shape index (κ1) is 20.8. The SMILES string of the molecule is CC(=O)Nc1ccc(CN2CCC(CCc3ccccc3)(C3C=CCO3)CC2)cc1. The van der Waals surface area contributed by atoms with Gasteiger partial charge < -0.3 is 10.1 Å². The summed E-state index contributed by atoms with van der Waals surface area (Å²) >= 11 is 0. The molecule has 1 fully saturated rings. The molecule has 1 N–H and O–H groups in total. The van der Waals surface area contributed by atoms with E-state index in [4.69, 9.17) is 4.74 Å². The summed E-state index contributed by atoms with van der Waals surface area (Å²) in [6.45, 7) is 5.43. The number of amides is 1. The van der Waals surface area contributed by atoms with Gasteiger partial charge in [-0.15, -0.1) is 0 Å². The van der Waals surface area contributed by atoms with E-state index >= 15 is 0 Å². The monoisotopic (exact) mass is 404 g/mol. The van der Waals surface area contributed by atoms with Crippen molar-refractivity contribution in [3.8, 4) is 0 Å². The molecule has 2 aliphatic rings. The molecule has 30 heavy (non-hydrogen) atoms. The van der Waals surface area contributed by atoms with Crippen molar-refractivity contribution < 1.29 is 9.53 Å². The van der Waals surface area contributed by atoms with Crippen molar-refractivity contribution in [1.29, 1.82) is 0 Å². The van der Waals surface area contributed by atoms with E-state index in [0.717, 1.165) is 38.3 Å².